The molecule has 0 unspecified atom stereocenters. The van der Waals surface area contributed by atoms with E-state index in [4.69, 9.17) is 0 Å². The quantitative estimate of drug-likeness (QED) is 0.679. The molecule has 30 heavy (non-hydrogen) atoms. The summed E-state index contributed by atoms with van der Waals surface area (Å²) in [7, 11) is 0. The van der Waals surface area contributed by atoms with Crippen molar-refractivity contribution in [1.29, 1.82) is 0 Å². The van der Waals surface area contributed by atoms with Crippen LogP contribution in [0.1, 0.15) is 43.9 Å². The second-order valence-electron chi connectivity index (χ2n) is 6.93. The average Bonchev–Trinajstić information content (AvgIpc) is 3.26. The third kappa shape index (κ3) is 4.20. The maximum Gasteiger partial charge on any atom is 0.286 e. The Bertz CT molecular complexity index is 1080. The third-order valence-corrected chi connectivity index (χ3v) is 6.08. The van der Waals surface area contributed by atoms with Crippen LogP contribution >= 0.6 is 11.3 Å². The summed E-state index contributed by atoms with van der Waals surface area (Å²) in [5, 5.41) is 11.4. The molecule has 154 valence electrons. The second-order valence-corrected chi connectivity index (χ2v) is 7.93. The van der Waals surface area contributed by atoms with E-state index in [-0.39, 0.29) is 28.1 Å². The smallest absolute Gasteiger partial charge is 0.286 e. The van der Waals surface area contributed by atoms with Crippen molar-refractivity contribution >= 4 is 28.8 Å². The number of nitrogens with one attached hydrogen (secondary N) is 1. The molecule has 0 saturated carbocycles. The van der Waals surface area contributed by atoms with Gasteiger partial charge < -0.3 is 10.2 Å². The lowest BCUT2D eigenvalue weighted by atomic mass is 9.97. The van der Waals surface area contributed by atoms with Crippen LogP contribution < -0.4 is 5.32 Å². The Kier molecular flexibility index (Phi) is 5.80. The number of para-hydroxylation sites is 1. The van der Waals surface area contributed by atoms with Crippen LogP contribution in [0.15, 0.2) is 48.5 Å². The zero-order valence-electron chi connectivity index (χ0n) is 15.8. The lowest BCUT2D eigenvalue weighted by Gasteiger charge is -2.31. The lowest BCUT2D eigenvalue weighted by molar-refractivity contribution is 0.0708. The van der Waals surface area contributed by atoms with Crippen molar-refractivity contribution in [2.75, 3.05) is 18.4 Å². The molecule has 0 aliphatic carbocycles. The van der Waals surface area contributed by atoms with Gasteiger partial charge in [0.1, 0.15) is 16.6 Å². The fourth-order valence-electron chi connectivity index (χ4n) is 3.36. The van der Waals surface area contributed by atoms with Crippen LogP contribution in [-0.4, -0.2) is 40.0 Å². The number of hydrogen-bond acceptors (Lipinski definition) is 5. The standard InChI is InChI=1S/C21H18F2N4O2S/c22-15-6-2-1-5-14(15)21(29)27-11-9-13(10-12-27)19-25-26-20(30-19)18(28)24-17-8-4-3-7-16(17)23/h1-8,13H,9-12H2,(H,24,28). The summed E-state index contributed by atoms with van der Waals surface area (Å²) >= 11 is 1.16. The van der Waals surface area contributed by atoms with E-state index in [1.807, 2.05) is 0 Å². The van der Waals surface area contributed by atoms with Crippen molar-refractivity contribution in [3.05, 3.63) is 75.7 Å². The minimum absolute atomic E-state index is 0.0576. The normalized spacial score (nSPS) is 14.5. The van der Waals surface area contributed by atoms with E-state index in [1.54, 1.807) is 23.1 Å². The average molecular weight is 428 g/mol. The molecule has 9 heteroatoms. The Morgan fingerprint density at radius 1 is 0.967 bits per heavy atom. The summed E-state index contributed by atoms with van der Waals surface area (Å²) in [4.78, 5) is 26.5. The van der Waals surface area contributed by atoms with Gasteiger partial charge in [-0.15, -0.1) is 10.2 Å². The van der Waals surface area contributed by atoms with Crippen molar-refractivity contribution in [3.63, 3.8) is 0 Å². The number of hydrogen-bond donors (Lipinski definition) is 1. The number of carbonyl (C=O) groups excluding carboxylic acids is 2. The molecule has 1 N–H and O–H groups in total. The first-order valence-corrected chi connectivity index (χ1v) is 10.3. The van der Waals surface area contributed by atoms with E-state index in [1.165, 1.54) is 30.3 Å². The Balaban J connectivity index is 1.37. The highest BCUT2D eigenvalue weighted by Crippen LogP contribution is 2.31. The number of benzene rings is 2. The molecular weight excluding hydrogens is 410 g/mol. The van der Waals surface area contributed by atoms with Gasteiger partial charge in [-0.1, -0.05) is 35.6 Å². The molecule has 1 aliphatic heterocycles. The van der Waals surface area contributed by atoms with Crippen molar-refractivity contribution in [1.82, 2.24) is 15.1 Å². The van der Waals surface area contributed by atoms with Crippen molar-refractivity contribution in [2.45, 2.75) is 18.8 Å². The van der Waals surface area contributed by atoms with Gasteiger partial charge in [-0.25, -0.2) is 8.78 Å². The van der Waals surface area contributed by atoms with Crippen LogP contribution in [0, 0.1) is 11.6 Å². The number of carbonyl (C=O) groups is 2. The number of amides is 2. The first-order chi connectivity index (χ1) is 14.5. The van der Waals surface area contributed by atoms with E-state index >= 15 is 0 Å². The first kappa shape index (κ1) is 20.1. The molecule has 4 rings (SSSR count). The molecule has 6 nitrogen and oxygen atoms in total. The van der Waals surface area contributed by atoms with Crippen LogP contribution in [0.2, 0.25) is 0 Å². The molecule has 3 aromatic rings. The van der Waals surface area contributed by atoms with Crippen molar-refractivity contribution in [2.24, 2.45) is 0 Å². The molecule has 1 saturated heterocycles. The maximum absolute atomic E-state index is 13.9. The molecule has 0 bridgehead atoms. The van der Waals surface area contributed by atoms with Gasteiger partial charge in [0, 0.05) is 19.0 Å². The molecule has 0 radical (unpaired) electrons. The summed E-state index contributed by atoms with van der Waals surface area (Å²) in [5.41, 5.74) is 0.151. The van der Waals surface area contributed by atoms with E-state index in [0.29, 0.717) is 30.9 Å². The number of likely N-dealkylation sites (tertiary alicyclic amines) is 1. The molecule has 1 aromatic heterocycles. The SMILES string of the molecule is O=C(Nc1ccccc1F)c1nnc(C2CCN(C(=O)c3ccccc3F)CC2)s1. The molecule has 1 fully saturated rings. The van der Waals surface area contributed by atoms with E-state index in [9.17, 15) is 18.4 Å². The minimum Gasteiger partial charge on any atom is -0.339 e. The fourth-order valence-corrected chi connectivity index (χ4v) is 4.27. The minimum atomic E-state index is -0.528. The van der Waals surface area contributed by atoms with Gasteiger partial charge in [-0.3, -0.25) is 9.59 Å². The van der Waals surface area contributed by atoms with E-state index < -0.39 is 17.5 Å². The first-order valence-electron chi connectivity index (χ1n) is 9.46. The van der Waals surface area contributed by atoms with E-state index in [2.05, 4.69) is 15.5 Å². The monoisotopic (exact) mass is 428 g/mol. The summed E-state index contributed by atoms with van der Waals surface area (Å²) < 4.78 is 27.6. The van der Waals surface area contributed by atoms with Crippen LogP contribution in [0.4, 0.5) is 14.5 Å². The molecule has 2 amide bonds. The Hall–Kier alpha value is -3.20. The van der Waals surface area contributed by atoms with Gasteiger partial charge in [0.15, 0.2) is 0 Å². The van der Waals surface area contributed by atoms with Gasteiger partial charge in [-0.2, -0.15) is 0 Å². The summed E-state index contributed by atoms with van der Waals surface area (Å²) in [6, 6.07) is 11.8. The largest absolute Gasteiger partial charge is 0.339 e. The summed E-state index contributed by atoms with van der Waals surface area (Å²) in [6.07, 6.45) is 1.29. The topological polar surface area (TPSA) is 75.2 Å². The predicted octanol–water partition coefficient (Wildman–Crippen LogP) is 4.09. The number of anilines is 1. The Morgan fingerprint density at radius 3 is 2.33 bits per heavy atom. The van der Waals surface area contributed by atoms with Gasteiger partial charge in [0.25, 0.3) is 11.8 Å². The van der Waals surface area contributed by atoms with Crippen LogP contribution in [-0.2, 0) is 0 Å². The van der Waals surface area contributed by atoms with Crippen LogP contribution in [0.5, 0.6) is 0 Å². The van der Waals surface area contributed by atoms with Gasteiger partial charge in [0.2, 0.25) is 5.01 Å². The highest BCUT2D eigenvalue weighted by molar-refractivity contribution is 7.13. The van der Waals surface area contributed by atoms with E-state index in [0.717, 1.165) is 11.3 Å². The highest BCUT2D eigenvalue weighted by atomic mass is 32.1. The molecule has 2 heterocycles. The Morgan fingerprint density at radius 2 is 1.63 bits per heavy atom. The van der Waals surface area contributed by atoms with Crippen molar-refractivity contribution in [3.8, 4) is 0 Å². The number of piperidine rings is 1. The van der Waals surface area contributed by atoms with Crippen LogP contribution in [0.3, 0.4) is 0 Å². The number of aromatic nitrogens is 2. The number of rotatable bonds is 4. The number of halogens is 2. The fraction of sp³-hybridized carbons (Fsp3) is 0.238. The zero-order chi connectivity index (χ0) is 21.1. The zero-order valence-corrected chi connectivity index (χ0v) is 16.7. The van der Waals surface area contributed by atoms with Gasteiger partial charge in [0.05, 0.1) is 11.3 Å². The molecule has 2 aromatic carbocycles. The van der Waals surface area contributed by atoms with Crippen LogP contribution in [0.25, 0.3) is 0 Å². The third-order valence-electron chi connectivity index (χ3n) is 4.99. The summed E-state index contributed by atoms with van der Waals surface area (Å²) in [5.74, 6) is -1.84. The second kappa shape index (κ2) is 8.66. The molecular formula is C21H18F2N4O2S. The number of nitrogens with zero attached hydrogens (tertiary/aromatic N) is 3. The highest BCUT2D eigenvalue weighted by Gasteiger charge is 2.28. The lowest BCUT2D eigenvalue weighted by Crippen LogP contribution is -2.38. The predicted molar refractivity (Wildman–Crippen MR) is 109 cm³/mol. The molecule has 0 spiro atoms. The van der Waals surface area contributed by atoms with Gasteiger partial charge >= 0.3 is 0 Å². The Labute approximate surface area is 175 Å². The summed E-state index contributed by atoms with van der Waals surface area (Å²) in [6.45, 7) is 0.933. The molecule has 0 atom stereocenters. The maximum atomic E-state index is 13.9. The van der Waals surface area contributed by atoms with Gasteiger partial charge in [-0.05, 0) is 37.1 Å². The van der Waals surface area contributed by atoms with Crippen molar-refractivity contribution < 1.29 is 18.4 Å². The molecule has 1 aliphatic rings.